The number of para-hydroxylation sites is 1. The zero-order valence-corrected chi connectivity index (χ0v) is 23.7. The van der Waals surface area contributed by atoms with E-state index in [-0.39, 0.29) is 22.3 Å². The number of carbonyl (C=O) groups excluding carboxylic acids is 2. The molecule has 0 fully saturated rings. The van der Waals surface area contributed by atoms with Gasteiger partial charge in [0.2, 0.25) is 0 Å². The molecule has 3 N–H and O–H groups in total. The molecular weight excluding hydrogens is 518 g/mol. The maximum atomic E-state index is 13.0. The van der Waals surface area contributed by atoms with Crippen LogP contribution in [0.3, 0.4) is 0 Å². The normalized spacial score (nSPS) is 10.9. The van der Waals surface area contributed by atoms with Gasteiger partial charge in [0.1, 0.15) is 5.75 Å². The number of anilines is 2. The van der Waals surface area contributed by atoms with E-state index in [0.29, 0.717) is 34.9 Å². The lowest BCUT2D eigenvalue weighted by molar-refractivity contribution is 0.0972. The highest BCUT2D eigenvalue weighted by Gasteiger charge is 2.16. The van der Waals surface area contributed by atoms with Crippen LogP contribution >= 0.6 is 12.2 Å². The third-order valence-electron chi connectivity index (χ3n) is 6.24. The molecule has 40 heavy (non-hydrogen) atoms. The van der Waals surface area contributed by atoms with Crippen LogP contribution in [0.15, 0.2) is 103 Å². The van der Waals surface area contributed by atoms with Crippen LogP contribution < -0.4 is 20.7 Å². The predicted octanol–water partition coefficient (Wildman–Crippen LogP) is 6.98. The molecule has 0 saturated heterocycles. The number of hydrogen-bond donors (Lipinski definition) is 3. The molecule has 4 aromatic carbocycles. The fourth-order valence-electron chi connectivity index (χ4n) is 4.04. The molecule has 0 aliphatic heterocycles. The minimum absolute atomic E-state index is 0.0142. The molecule has 4 rings (SSSR count). The molecule has 2 amide bonds. The Hall–Kier alpha value is -4.49. The average molecular weight is 552 g/mol. The van der Waals surface area contributed by atoms with Crippen LogP contribution in [0.2, 0.25) is 0 Å². The van der Waals surface area contributed by atoms with Gasteiger partial charge in [-0.1, -0.05) is 81.4 Å². The van der Waals surface area contributed by atoms with Crippen molar-refractivity contribution in [1.29, 1.82) is 0 Å². The lowest BCUT2D eigenvalue weighted by Crippen LogP contribution is -2.34. The second-order valence-electron chi connectivity index (χ2n) is 10.4. The van der Waals surface area contributed by atoms with Crippen molar-refractivity contribution < 1.29 is 14.3 Å². The van der Waals surface area contributed by atoms with Crippen LogP contribution in [0.25, 0.3) is 0 Å². The van der Waals surface area contributed by atoms with E-state index in [9.17, 15) is 9.59 Å². The lowest BCUT2D eigenvalue weighted by atomic mass is 9.87. The summed E-state index contributed by atoms with van der Waals surface area (Å²) in [6.07, 6.45) is 0.728. The van der Waals surface area contributed by atoms with E-state index in [2.05, 4.69) is 36.7 Å². The Kier molecular flexibility index (Phi) is 9.30. The van der Waals surface area contributed by atoms with Crippen molar-refractivity contribution >= 4 is 40.5 Å². The zero-order chi connectivity index (χ0) is 28.5. The molecule has 0 atom stereocenters. The summed E-state index contributed by atoms with van der Waals surface area (Å²) in [5, 5.41) is 8.76. The van der Waals surface area contributed by atoms with Crippen LogP contribution in [-0.4, -0.2) is 23.5 Å². The van der Waals surface area contributed by atoms with Gasteiger partial charge >= 0.3 is 0 Å². The van der Waals surface area contributed by atoms with Crippen molar-refractivity contribution in [2.75, 3.05) is 17.2 Å². The second-order valence-corrected chi connectivity index (χ2v) is 10.8. The fourth-order valence-corrected chi connectivity index (χ4v) is 4.25. The van der Waals surface area contributed by atoms with Gasteiger partial charge in [-0.15, -0.1) is 0 Å². The van der Waals surface area contributed by atoms with Gasteiger partial charge in [0, 0.05) is 23.4 Å². The van der Waals surface area contributed by atoms with Gasteiger partial charge in [0.15, 0.2) is 5.11 Å². The Labute approximate surface area is 240 Å². The predicted molar refractivity (Wildman–Crippen MR) is 165 cm³/mol. The van der Waals surface area contributed by atoms with Crippen LogP contribution in [0.5, 0.6) is 5.75 Å². The van der Waals surface area contributed by atoms with E-state index in [0.717, 1.165) is 17.5 Å². The van der Waals surface area contributed by atoms with Gasteiger partial charge in [-0.05, 0) is 71.2 Å². The van der Waals surface area contributed by atoms with Crippen LogP contribution in [0.4, 0.5) is 11.4 Å². The van der Waals surface area contributed by atoms with Crippen molar-refractivity contribution in [2.24, 2.45) is 0 Å². The first-order valence-electron chi connectivity index (χ1n) is 13.1. The number of hydrogen-bond acceptors (Lipinski definition) is 4. The standard InChI is InChI=1S/C33H33N3O3S/c1-33(2,3)25-18-16-24(17-19-25)30(37)34-26-12-9-13-27(22-26)35-32(40)36-31(38)28-14-7-8-15-29(28)39-21-20-23-10-5-4-6-11-23/h4-19,22H,20-21H2,1-3H3,(H,34,37)(H2,35,36,38,40). The minimum Gasteiger partial charge on any atom is -0.492 e. The lowest BCUT2D eigenvalue weighted by Gasteiger charge is -2.19. The molecule has 0 spiro atoms. The number of nitrogens with one attached hydrogen (secondary N) is 3. The van der Waals surface area contributed by atoms with Crippen LogP contribution in [0, 0.1) is 0 Å². The smallest absolute Gasteiger partial charge is 0.261 e. The summed E-state index contributed by atoms with van der Waals surface area (Å²) in [7, 11) is 0. The van der Waals surface area contributed by atoms with E-state index in [1.54, 1.807) is 42.5 Å². The average Bonchev–Trinajstić information content (AvgIpc) is 2.93. The number of amides is 2. The number of rotatable bonds is 8. The second kappa shape index (κ2) is 13.0. The molecule has 204 valence electrons. The fraction of sp³-hybridized carbons (Fsp3) is 0.182. The first-order valence-corrected chi connectivity index (χ1v) is 13.5. The van der Waals surface area contributed by atoms with Gasteiger partial charge in [0.25, 0.3) is 11.8 Å². The van der Waals surface area contributed by atoms with Gasteiger partial charge in [-0.3, -0.25) is 14.9 Å². The molecule has 0 aliphatic rings. The molecule has 0 radical (unpaired) electrons. The highest BCUT2D eigenvalue weighted by atomic mass is 32.1. The van der Waals surface area contributed by atoms with Gasteiger partial charge < -0.3 is 15.4 Å². The molecule has 0 aliphatic carbocycles. The first kappa shape index (κ1) is 28.5. The molecule has 0 bridgehead atoms. The van der Waals surface area contributed by atoms with Crippen LogP contribution in [0.1, 0.15) is 52.6 Å². The largest absolute Gasteiger partial charge is 0.492 e. The molecule has 6 nitrogen and oxygen atoms in total. The van der Waals surface area contributed by atoms with Gasteiger partial charge in [-0.25, -0.2) is 0 Å². The Morgan fingerprint density at radius 3 is 2.10 bits per heavy atom. The zero-order valence-electron chi connectivity index (χ0n) is 22.9. The van der Waals surface area contributed by atoms with Crippen molar-refractivity contribution in [3.05, 3.63) is 125 Å². The maximum Gasteiger partial charge on any atom is 0.261 e. The van der Waals surface area contributed by atoms with Crippen molar-refractivity contribution in [3.8, 4) is 5.75 Å². The van der Waals surface area contributed by atoms with E-state index >= 15 is 0 Å². The third-order valence-corrected chi connectivity index (χ3v) is 6.45. The Morgan fingerprint density at radius 2 is 1.40 bits per heavy atom. The maximum absolute atomic E-state index is 13.0. The van der Waals surface area contributed by atoms with Crippen molar-refractivity contribution in [3.63, 3.8) is 0 Å². The molecule has 0 saturated carbocycles. The highest BCUT2D eigenvalue weighted by Crippen LogP contribution is 2.23. The minimum atomic E-state index is -0.379. The SMILES string of the molecule is CC(C)(C)c1ccc(C(=O)Nc2cccc(NC(=S)NC(=O)c3ccccc3OCCc3ccccc3)c2)cc1. The number of benzene rings is 4. The molecule has 0 heterocycles. The number of carbonyl (C=O) groups is 2. The Morgan fingerprint density at radius 1 is 0.750 bits per heavy atom. The first-order chi connectivity index (χ1) is 19.2. The van der Waals surface area contributed by atoms with Gasteiger partial charge in [-0.2, -0.15) is 0 Å². The summed E-state index contributed by atoms with van der Waals surface area (Å²) in [4.78, 5) is 25.8. The van der Waals surface area contributed by atoms with Crippen molar-refractivity contribution in [2.45, 2.75) is 32.6 Å². The van der Waals surface area contributed by atoms with E-state index in [1.807, 2.05) is 60.7 Å². The topological polar surface area (TPSA) is 79.5 Å². The van der Waals surface area contributed by atoms with E-state index in [4.69, 9.17) is 17.0 Å². The monoisotopic (exact) mass is 551 g/mol. The number of thiocarbonyl (C=S) groups is 1. The number of ether oxygens (including phenoxy) is 1. The summed E-state index contributed by atoms with van der Waals surface area (Å²) < 4.78 is 5.91. The molecular formula is C33H33N3O3S. The Balaban J connectivity index is 1.33. The summed E-state index contributed by atoms with van der Waals surface area (Å²) in [6, 6.07) is 31.8. The Bertz CT molecular complexity index is 1480. The molecule has 0 aromatic heterocycles. The highest BCUT2D eigenvalue weighted by molar-refractivity contribution is 7.80. The summed E-state index contributed by atoms with van der Waals surface area (Å²) in [5.41, 5.74) is 4.51. The third kappa shape index (κ3) is 8.01. The summed E-state index contributed by atoms with van der Waals surface area (Å²) in [5.74, 6) is -0.104. The van der Waals surface area contributed by atoms with Crippen LogP contribution in [-0.2, 0) is 11.8 Å². The van der Waals surface area contributed by atoms with E-state index < -0.39 is 0 Å². The molecule has 0 unspecified atom stereocenters. The molecule has 4 aromatic rings. The van der Waals surface area contributed by atoms with E-state index in [1.165, 1.54) is 0 Å². The quantitative estimate of drug-likeness (QED) is 0.206. The summed E-state index contributed by atoms with van der Waals surface area (Å²) >= 11 is 5.39. The molecule has 7 heteroatoms. The van der Waals surface area contributed by atoms with Gasteiger partial charge in [0.05, 0.1) is 12.2 Å². The summed E-state index contributed by atoms with van der Waals surface area (Å²) in [6.45, 7) is 6.84. The van der Waals surface area contributed by atoms with Crippen molar-refractivity contribution in [1.82, 2.24) is 5.32 Å².